The van der Waals surface area contributed by atoms with Gasteiger partial charge in [0.15, 0.2) is 0 Å². The van der Waals surface area contributed by atoms with Gasteiger partial charge in [-0.3, -0.25) is 4.79 Å². The van der Waals surface area contributed by atoms with E-state index in [-0.39, 0.29) is 6.42 Å². The van der Waals surface area contributed by atoms with E-state index in [4.69, 9.17) is 5.11 Å². The highest BCUT2D eigenvalue weighted by molar-refractivity contribution is 7.80. The number of carboxylic acid groups (broad SMARTS) is 1. The molecule has 0 heterocycles. The van der Waals surface area contributed by atoms with Crippen LogP contribution in [0.1, 0.15) is 16.8 Å². The number of carboxylic acids is 1. The Morgan fingerprint density at radius 2 is 1.68 bits per heavy atom. The molecule has 1 atom stereocenters. The minimum atomic E-state index is -1.06. The highest BCUT2D eigenvalue weighted by Gasteiger charge is 2.21. The van der Waals surface area contributed by atoms with E-state index in [1.54, 1.807) is 12.1 Å². The molecule has 0 radical (unpaired) electrons. The van der Waals surface area contributed by atoms with Gasteiger partial charge >= 0.3 is 5.97 Å². The number of carbonyl (C=O) groups is 2. The number of benzene rings is 2. The van der Waals surface area contributed by atoms with Crippen molar-refractivity contribution in [2.45, 2.75) is 12.5 Å². The first-order valence-corrected chi connectivity index (χ1v) is 7.55. The van der Waals surface area contributed by atoms with Crippen LogP contribution >= 0.6 is 12.6 Å². The molecule has 2 rings (SSSR count). The van der Waals surface area contributed by atoms with Crippen LogP contribution in [0.5, 0.6) is 0 Å². The normalized spacial score (nSPS) is 11.7. The van der Waals surface area contributed by atoms with Crippen molar-refractivity contribution in [3.8, 4) is 11.1 Å². The van der Waals surface area contributed by atoms with Crippen molar-refractivity contribution in [3.63, 3.8) is 0 Å². The number of nitrogens with one attached hydrogen (secondary N) is 1. The van der Waals surface area contributed by atoms with Gasteiger partial charge in [-0.25, -0.2) is 4.79 Å². The number of aliphatic carboxylic acids is 1. The zero-order valence-corrected chi connectivity index (χ0v) is 12.8. The maximum Gasteiger partial charge on any atom is 0.326 e. The third-order valence-electron chi connectivity index (χ3n) is 3.28. The third kappa shape index (κ3) is 3.89. The molecular formula is C17H17NO3S. The summed E-state index contributed by atoms with van der Waals surface area (Å²) in [5.74, 6) is -1.06. The molecule has 0 spiro atoms. The lowest BCUT2D eigenvalue weighted by atomic mass is 9.99. The van der Waals surface area contributed by atoms with Gasteiger partial charge < -0.3 is 10.4 Å². The summed E-state index contributed by atoms with van der Waals surface area (Å²) >= 11 is 4.03. The largest absolute Gasteiger partial charge is 0.480 e. The van der Waals surface area contributed by atoms with Crippen LogP contribution in [0.25, 0.3) is 11.1 Å². The number of hydrogen-bond acceptors (Lipinski definition) is 3. The minimum Gasteiger partial charge on any atom is -0.480 e. The fourth-order valence-electron chi connectivity index (χ4n) is 2.17. The molecule has 0 aliphatic carbocycles. The second kappa shape index (κ2) is 7.66. The lowest BCUT2D eigenvalue weighted by Crippen LogP contribution is -2.41. The molecular weight excluding hydrogens is 298 g/mol. The molecule has 0 bridgehead atoms. The van der Waals surface area contributed by atoms with E-state index in [0.717, 1.165) is 11.1 Å². The summed E-state index contributed by atoms with van der Waals surface area (Å²) in [6, 6.07) is 15.7. The van der Waals surface area contributed by atoms with Crippen LogP contribution in [0.4, 0.5) is 0 Å². The van der Waals surface area contributed by atoms with E-state index in [9.17, 15) is 9.59 Å². The fraction of sp³-hybridized carbons (Fsp3) is 0.176. The van der Waals surface area contributed by atoms with Gasteiger partial charge in [0.25, 0.3) is 5.91 Å². The van der Waals surface area contributed by atoms with Crippen LogP contribution in [-0.2, 0) is 4.79 Å². The van der Waals surface area contributed by atoms with Gasteiger partial charge in [-0.15, -0.1) is 0 Å². The van der Waals surface area contributed by atoms with Crippen molar-refractivity contribution >= 4 is 24.5 Å². The monoisotopic (exact) mass is 315 g/mol. The Kier molecular flexibility index (Phi) is 5.61. The highest BCUT2D eigenvalue weighted by atomic mass is 32.1. The number of rotatable bonds is 6. The van der Waals surface area contributed by atoms with Crippen molar-refractivity contribution in [1.82, 2.24) is 5.32 Å². The zero-order valence-electron chi connectivity index (χ0n) is 11.9. The molecule has 114 valence electrons. The van der Waals surface area contributed by atoms with E-state index in [2.05, 4.69) is 17.9 Å². The Labute approximate surface area is 134 Å². The maximum atomic E-state index is 12.4. The molecule has 2 aromatic rings. The van der Waals surface area contributed by atoms with Crippen LogP contribution < -0.4 is 5.32 Å². The van der Waals surface area contributed by atoms with Gasteiger partial charge in [0.2, 0.25) is 0 Å². The minimum absolute atomic E-state index is 0.275. The standard InChI is InChI=1S/C17H17NO3S/c19-16(18-15(10-11-22)17(20)21)14-9-5-4-8-13(14)12-6-2-1-3-7-12/h1-9,15,22H,10-11H2,(H,18,19)(H,20,21). The van der Waals surface area contributed by atoms with E-state index in [1.807, 2.05) is 42.5 Å². The number of carbonyl (C=O) groups excluding carboxylic acids is 1. The van der Waals surface area contributed by atoms with Gasteiger partial charge in [-0.2, -0.15) is 12.6 Å². The SMILES string of the molecule is O=C(NC(CCS)C(=O)O)c1ccccc1-c1ccccc1. The predicted molar refractivity (Wildman–Crippen MR) is 89.2 cm³/mol. The zero-order chi connectivity index (χ0) is 15.9. The van der Waals surface area contributed by atoms with Crippen LogP contribution in [-0.4, -0.2) is 28.8 Å². The van der Waals surface area contributed by atoms with E-state index < -0.39 is 17.9 Å². The van der Waals surface area contributed by atoms with Crippen LogP contribution in [0.2, 0.25) is 0 Å². The van der Waals surface area contributed by atoms with Crippen LogP contribution in [0, 0.1) is 0 Å². The van der Waals surface area contributed by atoms with Crippen molar-refractivity contribution in [2.24, 2.45) is 0 Å². The average Bonchev–Trinajstić information content (AvgIpc) is 2.55. The quantitative estimate of drug-likeness (QED) is 0.718. The molecule has 0 saturated heterocycles. The molecule has 2 N–H and O–H groups in total. The third-order valence-corrected chi connectivity index (χ3v) is 3.54. The summed E-state index contributed by atoms with van der Waals surface area (Å²) in [7, 11) is 0. The van der Waals surface area contributed by atoms with E-state index in [1.165, 1.54) is 0 Å². The predicted octanol–water partition coefficient (Wildman–Crippen LogP) is 2.86. The Balaban J connectivity index is 2.29. The second-order valence-electron chi connectivity index (χ2n) is 4.79. The average molecular weight is 315 g/mol. The summed E-state index contributed by atoms with van der Waals surface area (Å²) < 4.78 is 0. The van der Waals surface area contributed by atoms with Crippen molar-refractivity contribution in [3.05, 3.63) is 60.2 Å². The molecule has 2 aromatic carbocycles. The lowest BCUT2D eigenvalue weighted by molar-refractivity contribution is -0.139. The van der Waals surface area contributed by atoms with Gasteiger partial charge in [-0.05, 0) is 29.4 Å². The number of hydrogen-bond donors (Lipinski definition) is 3. The smallest absolute Gasteiger partial charge is 0.326 e. The molecule has 22 heavy (non-hydrogen) atoms. The molecule has 0 aromatic heterocycles. The van der Waals surface area contributed by atoms with Gasteiger partial charge in [-0.1, -0.05) is 48.5 Å². The summed E-state index contributed by atoms with van der Waals surface area (Å²) in [5.41, 5.74) is 2.14. The van der Waals surface area contributed by atoms with Crippen molar-refractivity contribution in [2.75, 3.05) is 5.75 Å². The first-order valence-electron chi connectivity index (χ1n) is 6.92. The Hall–Kier alpha value is -2.27. The van der Waals surface area contributed by atoms with Gasteiger partial charge in [0, 0.05) is 5.56 Å². The van der Waals surface area contributed by atoms with Crippen molar-refractivity contribution < 1.29 is 14.7 Å². The summed E-state index contributed by atoms with van der Waals surface area (Å²) in [4.78, 5) is 23.6. The molecule has 0 aliphatic rings. The molecule has 0 fully saturated rings. The van der Waals surface area contributed by atoms with Crippen molar-refractivity contribution in [1.29, 1.82) is 0 Å². The first kappa shape index (κ1) is 16.1. The lowest BCUT2D eigenvalue weighted by Gasteiger charge is -2.15. The van der Waals surface area contributed by atoms with Crippen LogP contribution in [0.3, 0.4) is 0 Å². The highest BCUT2D eigenvalue weighted by Crippen LogP contribution is 2.23. The maximum absolute atomic E-state index is 12.4. The van der Waals surface area contributed by atoms with E-state index >= 15 is 0 Å². The molecule has 1 unspecified atom stereocenters. The molecule has 1 amide bonds. The fourth-order valence-corrected chi connectivity index (χ4v) is 2.43. The second-order valence-corrected chi connectivity index (χ2v) is 5.24. The molecule has 5 heteroatoms. The summed E-state index contributed by atoms with van der Waals surface area (Å²) in [6.45, 7) is 0. The van der Waals surface area contributed by atoms with E-state index in [0.29, 0.717) is 11.3 Å². The molecule has 0 aliphatic heterocycles. The Morgan fingerprint density at radius 1 is 1.05 bits per heavy atom. The molecule has 4 nitrogen and oxygen atoms in total. The Bertz CT molecular complexity index is 658. The first-order chi connectivity index (χ1) is 10.6. The summed E-state index contributed by atoms with van der Waals surface area (Å²) in [6.07, 6.45) is 0.275. The topological polar surface area (TPSA) is 66.4 Å². The Morgan fingerprint density at radius 3 is 2.32 bits per heavy atom. The van der Waals surface area contributed by atoms with Crippen LogP contribution in [0.15, 0.2) is 54.6 Å². The number of thiol groups is 1. The number of amides is 1. The van der Waals surface area contributed by atoms with Gasteiger partial charge in [0.1, 0.15) is 6.04 Å². The summed E-state index contributed by atoms with van der Waals surface area (Å²) in [5, 5.41) is 11.7. The van der Waals surface area contributed by atoms with Gasteiger partial charge in [0.05, 0.1) is 0 Å². The molecule has 0 saturated carbocycles.